The minimum absolute atomic E-state index is 0.0598. The molecule has 0 saturated heterocycles. The first-order chi connectivity index (χ1) is 11.8. The molecule has 6 nitrogen and oxygen atoms in total. The zero-order chi connectivity index (χ0) is 18.4. The summed E-state index contributed by atoms with van der Waals surface area (Å²) in [7, 11) is -0.745. The van der Waals surface area contributed by atoms with Gasteiger partial charge < -0.3 is 9.64 Å². The quantitative estimate of drug-likeness (QED) is 0.857. The molecule has 0 aliphatic rings. The number of urea groups is 1. The molecule has 2 amide bonds. The van der Waals surface area contributed by atoms with E-state index in [0.717, 1.165) is 16.9 Å². The van der Waals surface area contributed by atoms with Crippen molar-refractivity contribution >= 4 is 16.1 Å². The number of para-hydroxylation sites is 1. The third kappa shape index (κ3) is 4.96. The van der Waals surface area contributed by atoms with Gasteiger partial charge in [0.2, 0.25) is 0 Å². The summed E-state index contributed by atoms with van der Waals surface area (Å²) in [6, 6.07) is 13.2. The van der Waals surface area contributed by atoms with Gasteiger partial charge in [0.05, 0.1) is 12.0 Å². The third-order valence-electron chi connectivity index (χ3n) is 3.81. The molecule has 0 radical (unpaired) electrons. The van der Waals surface area contributed by atoms with Crippen molar-refractivity contribution in [3.63, 3.8) is 0 Å². The van der Waals surface area contributed by atoms with Crippen LogP contribution >= 0.6 is 0 Å². The maximum Gasteiger partial charge on any atom is 0.331 e. The Labute approximate surface area is 148 Å². The molecule has 0 saturated carbocycles. The average Bonchev–Trinajstić information content (AvgIpc) is 2.59. The van der Waals surface area contributed by atoms with Gasteiger partial charge in [-0.3, -0.25) is 0 Å². The fourth-order valence-corrected chi connectivity index (χ4v) is 3.27. The van der Waals surface area contributed by atoms with Crippen LogP contribution in [-0.2, 0) is 16.4 Å². The molecular formula is C18H22N2O4S. The molecule has 0 aliphatic carbocycles. The van der Waals surface area contributed by atoms with E-state index in [0.29, 0.717) is 13.0 Å². The average molecular weight is 362 g/mol. The highest BCUT2D eigenvalue weighted by molar-refractivity contribution is 7.90. The fraction of sp³-hybridized carbons (Fsp3) is 0.278. The van der Waals surface area contributed by atoms with Crippen molar-refractivity contribution in [2.45, 2.75) is 18.2 Å². The lowest BCUT2D eigenvalue weighted by Gasteiger charge is -2.18. The first-order valence-corrected chi connectivity index (χ1v) is 9.28. The lowest BCUT2D eigenvalue weighted by Crippen LogP contribution is -2.41. The highest BCUT2D eigenvalue weighted by Gasteiger charge is 2.20. The van der Waals surface area contributed by atoms with Gasteiger partial charge in [0.25, 0.3) is 10.0 Å². The van der Waals surface area contributed by atoms with Crippen LogP contribution in [0.1, 0.15) is 11.1 Å². The predicted octanol–water partition coefficient (Wildman–Crippen LogP) is 2.58. The van der Waals surface area contributed by atoms with Crippen LogP contribution in [0.2, 0.25) is 0 Å². The van der Waals surface area contributed by atoms with Gasteiger partial charge in [0, 0.05) is 13.6 Å². The van der Waals surface area contributed by atoms with E-state index < -0.39 is 16.1 Å². The van der Waals surface area contributed by atoms with Crippen LogP contribution in [0.15, 0.2) is 53.4 Å². The number of rotatable bonds is 6. The number of likely N-dealkylation sites (N-methyl/N-ethyl adjacent to an activating group) is 1. The molecule has 2 rings (SSSR count). The van der Waals surface area contributed by atoms with Crippen LogP contribution in [0.4, 0.5) is 4.79 Å². The Morgan fingerprint density at radius 3 is 2.40 bits per heavy atom. The maximum absolute atomic E-state index is 12.3. The SMILES string of the molecule is COc1ccccc1CCN(C)C(=O)NS(=O)(=O)c1ccc(C)cc1. The van der Waals surface area contributed by atoms with Crippen LogP contribution in [0.5, 0.6) is 5.75 Å². The van der Waals surface area contributed by atoms with E-state index in [-0.39, 0.29) is 4.90 Å². The summed E-state index contributed by atoms with van der Waals surface area (Å²) in [4.78, 5) is 13.6. The molecule has 0 unspecified atom stereocenters. The van der Waals surface area contributed by atoms with Crippen molar-refractivity contribution < 1.29 is 17.9 Å². The normalized spacial score (nSPS) is 11.0. The number of carbonyl (C=O) groups excluding carboxylic acids is 1. The first-order valence-electron chi connectivity index (χ1n) is 7.80. The van der Waals surface area contributed by atoms with E-state index in [2.05, 4.69) is 4.72 Å². The van der Waals surface area contributed by atoms with Crippen molar-refractivity contribution in [1.29, 1.82) is 0 Å². The Bertz CT molecular complexity index is 832. The van der Waals surface area contributed by atoms with Gasteiger partial charge in [0.15, 0.2) is 0 Å². The number of carbonyl (C=O) groups is 1. The molecule has 2 aromatic carbocycles. The standard InChI is InChI=1S/C18H22N2O4S/c1-14-8-10-16(11-9-14)25(22,23)19-18(21)20(2)13-12-15-6-4-5-7-17(15)24-3/h4-11H,12-13H2,1-3H3,(H,19,21). The minimum Gasteiger partial charge on any atom is -0.496 e. The number of methoxy groups -OCH3 is 1. The van der Waals surface area contributed by atoms with E-state index in [1.54, 1.807) is 26.3 Å². The Kier molecular flexibility index (Phi) is 6.03. The smallest absolute Gasteiger partial charge is 0.331 e. The largest absolute Gasteiger partial charge is 0.496 e. The number of amides is 2. The van der Waals surface area contributed by atoms with Crippen LogP contribution in [0, 0.1) is 6.92 Å². The topological polar surface area (TPSA) is 75.7 Å². The summed E-state index contributed by atoms with van der Waals surface area (Å²) in [6.07, 6.45) is 0.554. The second-order valence-corrected chi connectivity index (χ2v) is 7.39. The minimum atomic E-state index is -3.88. The molecule has 0 fully saturated rings. The van der Waals surface area contributed by atoms with Crippen molar-refractivity contribution in [3.8, 4) is 5.75 Å². The monoisotopic (exact) mass is 362 g/mol. The number of nitrogens with one attached hydrogen (secondary N) is 1. The second-order valence-electron chi connectivity index (χ2n) is 5.71. The number of ether oxygens (including phenoxy) is 1. The van der Waals surface area contributed by atoms with Gasteiger partial charge in [-0.15, -0.1) is 0 Å². The third-order valence-corrected chi connectivity index (χ3v) is 5.14. The van der Waals surface area contributed by atoms with Crippen LogP contribution in [-0.4, -0.2) is 40.1 Å². The Morgan fingerprint density at radius 2 is 1.76 bits per heavy atom. The number of nitrogens with zero attached hydrogens (tertiary/aromatic N) is 1. The summed E-state index contributed by atoms with van der Waals surface area (Å²) >= 11 is 0. The molecule has 25 heavy (non-hydrogen) atoms. The van der Waals surface area contributed by atoms with Crippen molar-refractivity contribution in [3.05, 3.63) is 59.7 Å². The second kappa shape index (κ2) is 8.02. The first kappa shape index (κ1) is 18.8. The Balaban J connectivity index is 1.99. The molecule has 7 heteroatoms. The van der Waals surface area contributed by atoms with E-state index >= 15 is 0 Å². The molecule has 0 aliphatic heterocycles. The van der Waals surface area contributed by atoms with Crippen LogP contribution in [0.25, 0.3) is 0 Å². The predicted molar refractivity (Wildman–Crippen MR) is 96.2 cm³/mol. The Hall–Kier alpha value is -2.54. The maximum atomic E-state index is 12.3. The van der Waals surface area contributed by atoms with E-state index in [4.69, 9.17) is 4.74 Å². The number of benzene rings is 2. The molecule has 0 heterocycles. The molecule has 0 spiro atoms. The molecule has 0 atom stereocenters. The fourth-order valence-electron chi connectivity index (χ4n) is 2.27. The number of sulfonamides is 1. The number of hydrogen-bond acceptors (Lipinski definition) is 4. The molecule has 2 aromatic rings. The van der Waals surface area contributed by atoms with Gasteiger partial charge in [-0.1, -0.05) is 35.9 Å². The summed E-state index contributed by atoms with van der Waals surface area (Å²) in [5.74, 6) is 0.739. The molecule has 0 bridgehead atoms. The molecule has 134 valence electrons. The van der Waals surface area contributed by atoms with Crippen molar-refractivity contribution in [2.24, 2.45) is 0 Å². The lowest BCUT2D eigenvalue weighted by atomic mass is 10.1. The summed E-state index contributed by atoms with van der Waals surface area (Å²) < 4.78 is 31.9. The van der Waals surface area contributed by atoms with Gasteiger partial charge in [-0.25, -0.2) is 17.9 Å². The van der Waals surface area contributed by atoms with Gasteiger partial charge in [-0.2, -0.15) is 0 Å². The Morgan fingerprint density at radius 1 is 1.12 bits per heavy atom. The highest BCUT2D eigenvalue weighted by atomic mass is 32.2. The lowest BCUT2D eigenvalue weighted by molar-refractivity contribution is 0.215. The van der Waals surface area contributed by atoms with E-state index in [1.165, 1.54) is 17.0 Å². The molecular weight excluding hydrogens is 340 g/mol. The van der Waals surface area contributed by atoms with E-state index in [1.807, 2.05) is 31.2 Å². The zero-order valence-electron chi connectivity index (χ0n) is 14.5. The van der Waals surface area contributed by atoms with Gasteiger partial charge in [0.1, 0.15) is 5.75 Å². The zero-order valence-corrected chi connectivity index (χ0v) is 15.3. The highest BCUT2D eigenvalue weighted by Crippen LogP contribution is 2.18. The molecule has 0 aromatic heterocycles. The summed E-state index contributed by atoms with van der Waals surface area (Å²) in [5, 5.41) is 0. The van der Waals surface area contributed by atoms with E-state index in [9.17, 15) is 13.2 Å². The molecule has 1 N–H and O–H groups in total. The van der Waals surface area contributed by atoms with Crippen LogP contribution in [0.3, 0.4) is 0 Å². The number of hydrogen-bond donors (Lipinski definition) is 1. The van der Waals surface area contributed by atoms with Gasteiger partial charge in [-0.05, 0) is 37.1 Å². The van der Waals surface area contributed by atoms with Crippen molar-refractivity contribution in [2.75, 3.05) is 20.7 Å². The van der Waals surface area contributed by atoms with Crippen molar-refractivity contribution in [1.82, 2.24) is 9.62 Å². The summed E-state index contributed by atoms with van der Waals surface area (Å²) in [6.45, 7) is 2.22. The number of aryl methyl sites for hydroxylation is 1. The van der Waals surface area contributed by atoms with Crippen LogP contribution < -0.4 is 9.46 Å². The van der Waals surface area contributed by atoms with Gasteiger partial charge >= 0.3 is 6.03 Å². The summed E-state index contributed by atoms with van der Waals surface area (Å²) in [5.41, 5.74) is 1.89.